The van der Waals surface area contributed by atoms with Crippen LogP contribution in [0.5, 0.6) is 0 Å². The number of benzene rings is 1. The molecule has 0 atom stereocenters. The van der Waals surface area contributed by atoms with E-state index in [0.717, 1.165) is 28.8 Å². The summed E-state index contributed by atoms with van der Waals surface area (Å²) in [5.41, 5.74) is 6.56. The lowest BCUT2D eigenvalue weighted by Gasteiger charge is -2.28. The van der Waals surface area contributed by atoms with Gasteiger partial charge in [-0.1, -0.05) is 25.3 Å². The van der Waals surface area contributed by atoms with Gasteiger partial charge in [0.15, 0.2) is 0 Å². The van der Waals surface area contributed by atoms with Crippen LogP contribution in [0.15, 0.2) is 29.2 Å². The Balaban J connectivity index is 1.78. The highest BCUT2D eigenvalue weighted by atomic mass is 16.1. The zero-order chi connectivity index (χ0) is 19.0. The number of pyridine rings is 1. The molecular weight excluding hydrogens is 336 g/mol. The van der Waals surface area contributed by atoms with E-state index < -0.39 is 0 Å². The molecule has 1 aromatic heterocycles. The normalized spacial score (nSPS) is 17.6. The number of carbonyl (C=O) groups excluding carboxylic acids is 1. The van der Waals surface area contributed by atoms with Gasteiger partial charge < -0.3 is 9.88 Å². The SMILES string of the molecule is Cc1cc(-c2cc3c(c(NC4CCCCC4)c2)CC(=O)CC3)cn(C)c1=O. The van der Waals surface area contributed by atoms with Gasteiger partial charge in [-0.25, -0.2) is 0 Å². The van der Waals surface area contributed by atoms with Gasteiger partial charge in [0.25, 0.3) is 5.56 Å². The summed E-state index contributed by atoms with van der Waals surface area (Å²) in [5.74, 6) is 0.333. The van der Waals surface area contributed by atoms with Gasteiger partial charge in [-0.15, -0.1) is 0 Å². The highest BCUT2D eigenvalue weighted by Crippen LogP contribution is 2.34. The Labute approximate surface area is 160 Å². The van der Waals surface area contributed by atoms with Crippen LogP contribution in [0.3, 0.4) is 0 Å². The van der Waals surface area contributed by atoms with Crippen LogP contribution < -0.4 is 10.9 Å². The fourth-order valence-corrected chi connectivity index (χ4v) is 4.52. The number of aromatic nitrogens is 1. The van der Waals surface area contributed by atoms with E-state index in [1.54, 1.807) is 11.6 Å². The lowest BCUT2D eigenvalue weighted by atomic mass is 9.86. The van der Waals surface area contributed by atoms with Crippen LogP contribution in [-0.4, -0.2) is 16.4 Å². The molecule has 1 fully saturated rings. The number of hydrogen-bond acceptors (Lipinski definition) is 3. The number of rotatable bonds is 3. The average Bonchev–Trinajstić information content (AvgIpc) is 2.66. The molecule has 2 aliphatic rings. The van der Waals surface area contributed by atoms with Crippen LogP contribution in [0.1, 0.15) is 55.2 Å². The summed E-state index contributed by atoms with van der Waals surface area (Å²) in [4.78, 5) is 24.1. The molecule has 2 aliphatic carbocycles. The van der Waals surface area contributed by atoms with Crippen LogP contribution >= 0.6 is 0 Å². The van der Waals surface area contributed by atoms with Crippen molar-refractivity contribution in [2.45, 2.75) is 64.3 Å². The lowest BCUT2D eigenvalue weighted by molar-refractivity contribution is -0.118. The molecule has 1 heterocycles. The van der Waals surface area contributed by atoms with Gasteiger partial charge in [-0.2, -0.15) is 0 Å². The second-order valence-corrected chi connectivity index (χ2v) is 8.18. The molecule has 0 saturated heterocycles. The van der Waals surface area contributed by atoms with Crippen LogP contribution in [0, 0.1) is 6.92 Å². The highest BCUT2D eigenvalue weighted by molar-refractivity contribution is 5.87. The van der Waals surface area contributed by atoms with Crippen molar-refractivity contribution in [3.8, 4) is 11.1 Å². The van der Waals surface area contributed by atoms with E-state index in [0.29, 0.717) is 24.7 Å². The number of nitrogens with zero attached hydrogens (tertiary/aromatic N) is 1. The Morgan fingerprint density at radius 2 is 1.78 bits per heavy atom. The van der Waals surface area contributed by atoms with Crippen LogP contribution in [0.2, 0.25) is 0 Å². The average molecular weight is 364 g/mol. The first-order chi connectivity index (χ1) is 13.0. The van der Waals surface area contributed by atoms with Gasteiger partial charge >= 0.3 is 0 Å². The molecule has 4 rings (SSSR count). The molecule has 142 valence electrons. The molecule has 0 unspecified atom stereocenters. The molecule has 0 amide bonds. The molecule has 4 nitrogen and oxygen atoms in total. The maximum atomic E-state index is 12.1. The molecule has 2 aromatic rings. The molecule has 1 aromatic carbocycles. The number of hydrogen-bond donors (Lipinski definition) is 1. The maximum absolute atomic E-state index is 12.1. The van der Waals surface area contributed by atoms with Crippen molar-refractivity contribution in [1.82, 2.24) is 4.57 Å². The summed E-state index contributed by atoms with van der Waals surface area (Å²) in [6.07, 6.45) is 10.2. The third-order valence-corrected chi connectivity index (χ3v) is 6.05. The van der Waals surface area contributed by atoms with Gasteiger partial charge in [0.05, 0.1) is 0 Å². The summed E-state index contributed by atoms with van der Waals surface area (Å²) in [6, 6.07) is 6.87. The minimum absolute atomic E-state index is 0.0443. The largest absolute Gasteiger partial charge is 0.382 e. The van der Waals surface area contributed by atoms with E-state index >= 15 is 0 Å². The number of ketones is 1. The lowest BCUT2D eigenvalue weighted by Crippen LogP contribution is -2.25. The van der Waals surface area contributed by atoms with E-state index in [2.05, 4.69) is 17.4 Å². The minimum Gasteiger partial charge on any atom is -0.382 e. The molecule has 0 radical (unpaired) electrons. The number of carbonyl (C=O) groups is 1. The van der Waals surface area contributed by atoms with Gasteiger partial charge in [-0.05, 0) is 60.6 Å². The third-order valence-electron chi connectivity index (χ3n) is 6.05. The number of nitrogens with one attached hydrogen (secondary N) is 1. The first-order valence-electron chi connectivity index (χ1n) is 10.1. The van der Waals surface area contributed by atoms with E-state index in [9.17, 15) is 9.59 Å². The summed E-state index contributed by atoms with van der Waals surface area (Å²) in [7, 11) is 1.80. The molecule has 4 heteroatoms. The van der Waals surface area contributed by atoms with Crippen molar-refractivity contribution >= 4 is 11.5 Å². The van der Waals surface area contributed by atoms with Gasteiger partial charge in [0.1, 0.15) is 5.78 Å². The topological polar surface area (TPSA) is 51.1 Å². The van der Waals surface area contributed by atoms with Crippen LogP contribution in [0.25, 0.3) is 11.1 Å². The molecular formula is C23H28N2O2. The molecule has 0 bridgehead atoms. The fourth-order valence-electron chi connectivity index (χ4n) is 4.52. The Morgan fingerprint density at radius 1 is 1.00 bits per heavy atom. The smallest absolute Gasteiger partial charge is 0.253 e. The van der Waals surface area contributed by atoms with E-state index in [4.69, 9.17) is 0 Å². The Kier molecular flexibility index (Phi) is 4.90. The second kappa shape index (κ2) is 7.34. The summed E-state index contributed by atoms with van der Waals surface area (Å²) in [5, 5.41) is 3.76. The Hall–Kier alpha value is -2.36. The van der Waals surface area contributed by atoms with E-state index in [1.165, 1.54) is 43.2 Å². The Morgan fingerprint density at radius 3 is 2.52 bits per heavy atom. The monoisotopic (exact) mass is 364 g/mol. The number of Topliss-reactive ketones (excluding diaryl/α,β-unsaturated/α-hetero) is 1. The van der Waals surface area contributed by atoms with Gasteiger partial charge in [-0.3, -0.25) is 9.59 Å². The number of aryl methyl sites for hydroxylation is 3. The standard InChI is InChI=1S/C23H28N2O2/c1-15-10-18(14-25(2)23(15)27)17-11-16-8-9-20(26)13-21(16)22(12-17)24-19-6-4-3-5-7-19/h10-12,14,19,24H,3-9,13H2,1-2H3. The maximum Gasteiger partial charge on any atom is 0.253 e. The first kappa shape index (κ1) is 18.0. The summed E-state index contributed by atoms with van der Waals surface area (Å²) in [6.45, 7) is 1.87. The zero-order valence-corrected chi connectivity index (χ0v) is 16.3. The quantitative estimate of drug-likeness (QED) is 0.890. The van der Waals surface area contributed by atoms with E-state index in [-0.39, 0.29) is 5.56 Å². The number of fused-ring (bicyclic) bond motifs is 1. The first-order valence-corrected chi connectivity index (χ1v) is 10.1. The van der Waals surface area contributed by atoms with Crippen LogP contribution in [-0.2, 0) is 24.7 Å². The van der Waals surface area contributed by atoms with E-state index in [1.807, 2.05) is 19.2 Å². The Bertz CT molecular complexity index is 910. The van der Waals surface area contributed by atoms with Gasteiger partial charge in [0, 0.05) is 43.4 Å². The van der Waals surface area contributed by atoms with Crippen molar-refractivity contribution in [2.24, 2.45) is 7.05 Å². The molecule has 1 N–H and O–H groups in total. The van der Waals surface area contributed by atoms with Crippen molar-refractivity contribution in [3.63, 3.8) is 0 Å². The predicted molar refractivity (Wildman–Crippen MR) is 109 cm³/mol. The minimum atomic E-state index is 0.0443. The molecule has 1 saturated carbocycles. The second-order valence-electron chi connectivity index (χ2n) is 8.18. The fraction of sp³-hybridized carbons (Fsp3) is 0.478. The van der Waals surface area contributed by atoms with Crippen molar-refractivity contribution < 1.29 is 4.79 Å². The predicted octanol–water partition coefficient (Wildman–Crippen LogP) is 4.16. The summed E-state index contributed by atoms with van der Waals surface area (Å²) < 4.78 is 1.65. The molecule has 27 heavy (non-hydrogen) atoms. The van der Waals surface area contributed by atoms with Crippen molar-refractivity contribution in [3.05, 3.63) is 51.4 Å². The van der Waals surface area contributed by atoms with Crippen molar-refractivity contribution in [2.75, 3.05) is 5.32 Å². The van der Waals surface area contributed by atoms with Crippen molar-refractivity contribution in [1.29, 1.82) is 0 Å². The molecule has 0 spiro atoms. The summed E-state index contributed by atoms with van der Waals surface area (Å²) >= 11 is 0. The van der Waals surface area contributed by atoms with Gasteiger partial charge in [0.2, 0.25) is 0 Å². The van der Waals surface area contributed by atoms with Crippen LogP contribution in [0.4, 0.5) is 5.69 Å². The number of anilines is 1. The highest BCUT2D eigenvalue weighted by Gasteiger charge is 2.22. The third kappa shape index (κ3) is 3.71. The molecule has 0 aliphatic heterocycles. The zero-order valence-electron chi connectivity index (χ0n) is 16.3.